The number of aryl methyl sites for hydroxylation is 2. The van der Waals surface area contributed by atoms with E-state index < -0.39 is 0 Å². The summed E-state index contributed by atoms with van der Waals surface area (Å²) in [6, 6.07) is 6.62. The van der Waals surface area contributed by atoms with Crippen molar-refractivity contribution >= 4 is 0 Å². The summed E-state index contributed by atoms with van der Waals surface area (Å²) >= 11 is 0. The Bertz CT molecular complexity index is 421. The third-order valence-electron chi connectivity index (χ3n) is 4.54. The number of fused-ring (bicyclic) bond motifs is 1. The molecule has 2 nitrogen and oxygen atoms in total. The second kappa shape index (κ2) is 4.93. The first-order valence-electron chi connectivity index (χ1n) is 7.32. The summed E-state index contributed by atoms with van der Waals surface area (Å²) in [4.78, 5) is 0. The molecular formula is C16H23NO. The van der Waals surface area contributed by atoms with Crippen LogP contribution in [0, 0.1) is 0 Å². The molecule has 0 bridgehead atoms. The lowest BCUT2D eigenvalue weighted by atomic mass is 9.84. The van der Waals surface area contributed by atoms with Crippen molar-refractivity contribution in [3.8, 4) is 5.75 Å². The molecule has 0 amide bonds. The van der Waals surface area contributed by atoms with Gasteiger partial charge in [0.25, 0.3) is 0 Å². The second-order valence-corrected chi connectivity index (χ2v) is 5.83. The first-order chi connectivity index (χ1) is 8.81. The molecule has 0 unspecified atom stereocenters. The van der Waals surface area contributed by atoms with Gasteiger partial charge < -0.3 is 10.5 Å². The predicted octanol–water partition coefficient (Wildman–Crippen LogP) is 3.22. The Kier molecular flexibility index (Phi) is 3.29. The van der Waals surface area contributed by atoms with Crippen molar-refractivity contribution in [3.63, 3.8) is 0 Å². The number of hydrogen-bond acceptors (Lipinski definition) is 2. The molecule has 1 aromatic carbocycles. The van der Waals surface area contributed by atoms with Crippen LogP contribution in [-0.2, 0) is 12.8 Å². The van der Waals surface area contributed by atoms with Gasteiger partial charge in [0.15, 0.2) is 0 Å². The Morgan fingerprint density at radius 3 is 2.56 bits per heavy atom. The van der Waals surface area contributed by atoms with Gasteiger partial charge in [-0.3, -0.25) is 0 Å². The normalized spacial score (nSPS) is 21.6. The fourth-order valence-electron chi connectivity index (χ4n) is 3.41. The van der Waals surface area contributed by atoms with E-state index in [4.69, 9.17) is 10.5 Å². The summed E-state index contributed by atoms with van der Waals surface area (Å²) in [5.74, 6) is 1.03. The largest absolute Gasteiger partial charge is 0.486 e. The van der Waals surface area contributed by atoms with Crippen LogP contribution in [0.4, 0.5) is 0 Å². The highest BCUT2D eigenvalue weighted by Crippen LogP contribution is 2.34. The molecule has 0 saturated heterocycles. The first-order valence-corrected chi connectivity index (χ1v) is 7.32. The molecule has 1 fully saturated rings. The van der Waals surface area contributed by atoms with Crippen molar-refractivity contribution in [3.05, 3.63) is 29.3 Å². The van der Waals surface area contributed by atoms with Gasteiger partial charge in [-0.2, -0.15) is 0 Å². The van der Waals surface area contributed by atoms with E-state index in [-0.39, 0.29) is 5.60 Å². The van der Waals surface area contributed by atoms with Gasteiger partial charge in [-0.15, -0.1) is 0 Å². The zero-order valence-corrected chi connectivity index (χ0v) is 11.1. The average Bonchev–Trinajstić information content (AvgIpc) is 2.87. The number of benzene rings is 1. The molecule has 3 rings (SSSR count). The predicted molar refractivity (Wildman–Crippen MR) is 74.0 cm³/mol. The zero-order chi connectivity index (χ0) is 12.4. The molecular weight excluding hydrogens is 222 g/mol. The molecule has 2 heteroatoms. The van der Waals surface area contributed by atoms with E-state index in [0.717, 1.165) is 18.6 Å². The van der Waals surface area contributed by atoms with E-state index in [1.807, 2.05) is 0 Å². The van der Waals surface area contributed by atoms with Crippen LogP contribution in [0.2, 0.25) is 0 Å². The summed E-state index contributed by atoms with van der Waals surface area (Å²) < 4.78 is 6.29. The third kappa shape index (κ3) is 2.26. The van der Waals surface area contributed by atoms with Crippen molar-refractivity contribution in [1.82, 2.24) is 0 Å². The van der Waals surface area contributed by atoms with Crippen LogP contribution in [-0.4, -0.2) is 12.1 Å². The molecule has 1 aromatic rings. The lowest BCUT2D eigenvalue weighted by molar-refractivity contribution is 0.0386. The Morgan fingerprint density at radius 1 is 1.00 bits per heavy atom. The number of nitrogens with two attached hydrogens (primary N) is 1. The summed E-state index contributed by atoms with van der Waals surface area (Å²) in [5, 5.41) is 0. The van der Waals surface area contributed by atoms with E-state index in [0.29, 0.717) is 6.54 Å². The lowest BCUT2D eigenvalue weighted by Gasteiger charge is -2.36. The fourth-order valence-corrected chi connectivity index (χ4v) is 3.41. The highest BCUT2D eigenvalue weighted by Gasteiger charge is 2.32. The zero-order valence-electron chi connectivity index (χ0n) is 11.1. The summed E-state index contributed by atoms with van der Waals surface area (Å²) in [6.45, 7) is 0.643. The SMILES string of the molecule is NCC1(Oc2ccc3c(c2)CCC3)CCCCC1. The van der Waals surface area contributed by atoms with E-state index in [1.54, 1.807) is 0 Å². The number of ether oxygens (including phenoxy) is 1. The Balaban J connectivity index is 1.78. The van der Waals surface area contributed by atoms with Crippen molar-refractivity contribution in [2.45, 2.75) is 57.0 Å². The second-order valence-electron chi connectivity index (χ2n) is 5.83. The number of hydrogen-bond donors (Lipinski definition) is 1. The Labute approximate surface area is 110 Å². The minimum atomic E-state index is -0.0922. The molecule has 0 heterocycles. The smallest absolute Gasteiger partial charge is 0.121 e. The van der Waals surface area contributed by atoms with Crippen LogP contribution < -0.4 is 10.5 Å². The minimum Gasteiger partial charge on any atom is -0.486 e. The molecule has 2 aliphatic carbocycles. The third-order valence-corrected chi connectivity index (χ3v) is 4.54. The van der Waals surface area contributed by atoms with Crippen LogP contribution in [0.3, 0.4) is 0 Å². The van der Waals surface area contributed by atoms with Gasteiger partial charge in [-0.1, -0.05) is 12.5 Å². The van der Waals surface area contributed by atoms with Gasteiger partial charge in [0.2, 0.25) is 0 Å². The Morgan fingerprint density at radius 2 is 1.78 bits per heavy atom. The monoisotopic (exact) mass is 245 g/mol. The molecule has 2 N–H and O–H groups in total. The van der Waals surface area contributed by atoms with E-state index >= 15 is 0 Å². The fraction of sp³-hybridized carbons (Fsp3) is 0.625. The van der Waals surface area contributed by atoms with Crippen molar-refractivity contribution in [2.24, 2.45) is 5.73 Å². The van der Waals surface area contributed by atoms with E-state index in [1.165, 1.54) is 49.7 Å². The van der Waals surface area contributed by atoms with Gasteiger partial charge in [0.1, 0.15) is 11.4 Å². The van der Waals surface area contributed by atoms with Crippen LogP contribution in [0.25, 0.3) is 0 Å². The van der Waals surface area contributed by atoms with Crippen LogP contribution >= 0.6 is 0 Å². The topological polar surface area (TPSA) is 35.2 Å². The molecule has 98 valence electrons. The van der Waals surface area contributed by atoms with Crippen LogP contribution in [0.15, 0.2) is 18.2 Å². The Hall–Kier alpha value is -1.02. The van der Waals surface area contributed by atoms with Gasteiger partial charge in [0, 0.05) is 6.54 Å². The van der Waals surface area contributed by atoms with E-state index in [9.17, 15) is 0 Å². The summed E-state index contributed by atoms with van der Waals surface area (Å²) in [6.07, 6.45) is 9.79. The van der Waals surface area contributed by atoms with Crippen molar-refractivity contribution in [2.75, 3.05) is 6.54 Å². The van der Waals surface area contributed by atoms with Gasteiger partial charge >= 0.3 is 0 Å². The van der Waals surface area contributed by atoms with Gasteiger partial charge in [0.05, 0.1) is 0 Å². The van der Waals surface area contributed by atoms with Crippen LogP contribution in [0.1, 0.15) is 49.7 Å². The van der Waals surface area contributed by atoms with Crippen LogP contribution in [0.5, 0.6) is 5.75 Å². The van der Waals surface area contributed by atoms with E-state index in [2.05, 4.69) is 18.2 Å². The maximum absolute atomic E-state index is 6.29. The average molecular weight is 245 g/mol. The maximum Gasteiger partial charge on any atom is 0.121 e. The highest BCUT2D eigenvalue weighted by molar-refractivity contribution is 5.38. The first kappa shape index (κ1) is 12.0. The summed E-state index contributed by atoms with van der Waals surface area (Å²) in [7, 11) is 0. The van der Waals surface area contributed by atoms with Crippen molar-refractivity contribution < 1.29 is 4.74 Å². The van der Waals surface area contributed by atoms with Gasteiger partial charge in [-0.25, -0.2) is 0 Å². The lowest BCUT2D eigenvalue weighted by Crippen LogP contribution is -2.45. The standard InChI is InChI=1S/C16H23NO/c17-12-16(9-2-1-3-10-16)18-15-8-7-13-5-4-6-14(13)11-15/h7-8,11H,1-6,9-10,12,17H2. The number of rotatable bonds is 3. The summed E-state index contributed by atoms with van der Waals surface area (Å²) in [5.41, 5.74) is 8.87. The van der Waals surface area contributed by atoms with Gasteiger partial charge in [-0.05, 0) is 68.2 Å². The molecule has 18 heavy (non-hydrogen) atoms. The van der Waals surface area contributed by atoms with Crippen molar-refractivity contribution in [1.29, 1.82) is 0 Å². The molecule has 1 saturated carbocycles. The molecule has 0 aliphatic heterocycles. The molecule has 0 atom stereocenters. The molecule has 0 spiro atoms. The highest BCUT2D eigenvalue weighted by atomic mass is 16.5. The maximum atomic E-state index is 6.29. The minimum absolute atomic E-state index is 0.0922. The molecule has 2 aliphatic rings. The molecule has 0 aromatic heterocycles. The quantitative estimate of drug-likeness (QED) is 0.887. The molecule has 0 radical (unpaired) electrons.